The second-order valence-corrected chi connectivity index (χ2v) is 7.15. The molecule has 1 aromatic carbocycles. The summed E-state index contributed by atoms with van der Waals surface area (Å²) in [4.78, 5) is 8.45. The maximum absolute atomic E-state index is 12.8. The van der Waals surface area contributed by atoms with Crippen molar-refractivity contribution in [2.24, 2.45) is 0 Å². The summed E-state index contributed by atoms with van der Waals surface area (Å²) in [6.07, 6.45) is 3.78. The van der Waals surface area contributed by atoms with Gasteiger partial charge in [-0.2, -0.15) is 4.31 Å². The van der Waals surface area contributed by atoms with Crippen LogP contribution >= 0.6 is 0 Å². The monoisotopic (exact) mass is 319 g/mol. The average molecular weight is 319 g/mol. The van der Waals surface area contributed by atoms with Crippen LogP contribution in [0.3, 0.4) is 0 Å². The van der Waals surface area contributed by atoms with Crippen LogP contribution < -0.4 is 4.74 Å². The van der Waals surface area contributed by atoms with Crippen molar-refractivity contribution in [1.29, 1.82) is 0 Å². The number of ether oxygens (including phenoxy) is 1. The Bertz CT molecular complexity index is 805. The van der Waals surface area contributed by atoms with Gasteiger partial charge in [-0.15, -0.1) is 0 Å². The van der Waals surface area contributed by atoms with E-state index in [4.69, 9.17) is 4.74 Å². The number of nitrogens with zero attached hydrogens (tertiary/aromatic N) is 3. The Kier molecular flexibility index (Phi) is 3.84. The molecule has 1 aliphatic rings. The molecule has 2 aromatic rings. The number of rotatable bonds is 3. The molecule has 0 spiro atoms. The summed E-state index contributed by atoms with van der Waals surface area (Å²) in [6, 6.07) is 4.91. The number of aryl methyl sites for hydroxylation is 1. The third-order valence-corrected chi connectivity index (χ3v) is 5.67. The minimum Gasteiger partial charge on any atom is -0.496 e. The van der Waals surface area contributed by atoms with Gasteiger partial charge < -0.3 is 4.74 Å². The molecule has 0 saturated heterocycles. The Morgan fingerprint density at radius 3 is 2.86 bits per heavy atom. The van der Waals surface area contributed by atoms with Crippen LogP contribution in [-0.4, -0.2) is 36.3 Å². The molecule has 0 fully saturated rings. The van der Waals surface area contributed by atoms with E-state index < -0.39 is 10.0 Å². The molecule has 1 aliphatic heterocycles. The third kappa shape index (κ3) is 2.57. The van der Waals surface area contributed by atoms with Crippen LogP contribution in [0.15, 0.2) is 35.6 Å². The van der Waals surface area contributed by atoms with Crippen molar-refractivity contribution in [3.05, 3.63) is 47.5 Å². The lowest BCUT2D eigenvalue weighted by Gasteiger charge is -2.27. The Labute approximate surface area is 129 Å². The lowest BCUT2D eigenvalue weighted by molar-refractivity contribution is 0.386. The van der Waals surface area contributed by atoms with Gasteiger partial charge in [0, 0.05) is 37.0 Å². The fourth-order valence-corrected chi connectivity index (χ4v) is 4.11. The van der Waals surface area contributed by atoms with E-state index in [0.29, 0.717) is 25.3 Å². The highest BCUT2D eigenvalue weighted by Crippen LogP contribution is 2.26. The first-order valence-electron chi connectivity index (χ1n) is 6.95. The number of hydrogen-bond acceptors (Lipinski definition) is 5. The molecule has 0 saturated carbocycles. The minimum absolute atomic E-state index is 0.283. The molecule has 6 nitrogen and oxygen atoms in total. The zero-order valence-corrected chi connectivity index (χ0v) is 13.3. The maximum Gasteiger partial charge on any atom is 0.243 e. The Balaban J connectivity index is 1.93. The van der Waals surface area contributed by atoms with Gasteiger partial charge in [0.1, 0.15) is 12.1 Å². The van der Waals surface area contributed by atoms with Crippen LogP contribution in [0.2, 0.25) is 0 Å². The molecule has 0 radical (unpaired) electrons. The molecule has 0 unspecified atom stereocenters. The molecule has 0 atom stereocenters. The van der Waals surface area contributed by atoms with Gasteiger partial charge in [-0.1, -0.05) is 0 Å². The van der Waals surface area contributed by atoms with Crippen LogP contribution in [0.25, 0.3) is 0 Å². The molecular weight excluding hydrogens is 302 g/mol. The molecule has 116 valence electrons. The van der Waals surface area contributed by atoms with Crippen molar-refractivity contribution in [3.63, 3.8) is 0 Å². The largest absolute Gasteiger partial charge is 0.496 e. The van der Waals surface area contributed by atoms with E-state index in [9.17, 15) is 8.42 Å². The van der Waals surface area contributed by atoms with Crippen LogP contribution in [0, 0.1) is 6.92 Å². The topological polar surface area (TPSA) is 72.4 Å². The number of benzene rings is 1. The van der Waals surface area contributed by atoms with Gasteiger partial charge in [0.2, 0.25) is 10.0 Å². The predicted molar refractivity (Wildman–Crippen MR) is 81.1 cm³/mol. The summed E-state index contributed by atoms with van der Waals surface area (Å²) in [5, 5.41) is 0. The molecule has 0 N–H and O–H groups in total. The highest BCUT2D eigenvalue weighted by atomic mass is 32.2. The van der Waals surface area contributed by atoms with Crippen LogP contribution in [0.1, 0.15) is 16.8 Å². The number of fused-ring (bicyclic) bond motifs is 1. The molecule has 0 amide bonds. The van der Waals surface area contributed by atoms with E-state index in [2.05, 4.69) is 9.97 Å². The average Bonchev–Trinajstić information content (AvgIpc) is 2.54. The maximum atomic E-state index is 12.8. The standard InChI is InChI=1S/C15H17N3O3S/c1-11-7-13(3-4-15(11)21-2)22(19,20)18-6-5-14-12(9-18)8-16-10-17-14/h3-4,7-8,10H,5-6,9H2,1-2H3. The number of methoxy groups -OCH3 is 1. The zero-order chi connectivity index (χ0) is 15.7. The van der Waals surface area contributed by atoms with Crippen LogP contribution in [0.4, 0.5) is 0 Å². The highest BCUT2D eigenvalue weighted by molar-refractivity contribution is 7.89. The first kappa shape index (κ1) is 14.9. The smallest absolute Gasteiger partial charge is 0.243 e. The highest BCUT2D eigenvalue weighted by Gasteiger charge is 2.29. The number of aromatic nitrogens is 2. The van der Waals surface area contributed by atoms with Gasteiger partial charge in [0.15, 0.2) is 0 Å². The summed E-state index contributed by atoms with van der Waals surface area (Å²) in [5.41, 5.74) is 2.58. The summed E-state index contributed by atoms with van der Waals surface area (Å²) >= 11 is 0. The van der Waals surface area contributed by atoms with Crippen molar-refractivity contribution < 1.29 is 13.2 Å². The molecule has 0 aliphatic carbocycles. The number of hydrogen-bond donors (Lipinski definition) is 0. The zero-order valence-electron chi connectivity index (χ0n) is 12.5. The number of sulfonamides is 1. The molecular formula is C15H17N3O3S. The summed E-state index contributed by atoms with van der Waals surface area (Å²) in [6.45, 7) is 2.57. The van der Waals surface area contributed by atoms with Gasteiger partial charge in [0.05, 0.1) is 12.0 Å². The third-order valence-electron chi connectivity index (χ3n) is 3.83. The van der Waals surface area contributed by atoms with E-state index in [1.807, 2.05) is 6.92 Å². The van der Waals surface area contributed by atoms with E-state index in [0.717, 1.165) is 16.8 Å². The Morgan fingerprint density at radius 2 is 2.14 bits per heavy atom. The molecule has 1 aromatic heterocycles. The lowest BCUT2D eigenvalue weighted by Crippen LogP contribution is -2.36. The molecule has 2 heterocycles. The summed E-state index contributed by atoms with van der Waals surface area (Å²) in [5.74, 6) is 0.677. The summed E-state index contributed by atoms with van der Waals surface area (Å²) < 4.78 is 32.2. The van der Waals surface area contributed by atoms with Crippen molar-refractivity contribution in [1.82, 2.24) is 14.3 Å². The normalized spacial score (nSPS) is 15.4. The quantitative estimate of drug-likeness (QED) is 0.858. The molecule has 22 heavy (non-hydrogen) atoms. The van der Waals surface area contributed by atoms with E-state index in [-0.39, 0.29) is 4.90 Å². The first-order valence-corrected chi connectivity index (χ1v) is 8.39. The second-order valence-electron chi connectivity index (χ2n) is 5.21. The van der Waals surface area contributed by atoms with E-state index in [1.165, 1.54) is 10.6 Å². The fourth-order valence-electron chi connectivity index (χ4n) is 2.61. The van der Waals surface area contributed by atoms with Crippen LogP contribution in [0.5, 0.6) is 5.75 Å². The SMILES string of the molecule is COc1ccc(S(=O)(=O)N2CCc3ncncc3C2)cc1C. The van der Waals surface area contributed by atoms with Crippen molar-refractivity contribution >= 4 is 10.0 Å². The first-order chi connectivity index (χ1) is 10.5. The molecule has 3 rings (SSSR count). The van der Waals surface area contributed by atoms with Crippen molar-refractivity contribution in [2.45, 2.75) is 24.8 Å². The minimum atomic E-state index is -3.53. The van der Waals surface area contributed by atoms with Crippen LogP contribution in [-0.2, 0) is 23.0 Å². The molecule has 7 heteroatoms. The summed E-state index contributed by atoms with van der Waals surface area (Å²) in [7, 11) is -1.96. The second kappa shape index (κ2) is 5.66. The van der Waals surface area contributed by atoms with Crippen molar-refractivity contribution in [2.75, 3.05) is 13.7 Å². The van der Waals surface area contributed by atoms with Gasteiger partial charge in [-0.25, -0.2) is 18.4 Å². The van der Waals surface area contributed by atoms with Gasteiger partial charge in [-0.3, -0.25) is 0 Å². The van der Waals surface area contributed by atoms with Crippen molar-refractivity contribution in [3.8, 4) is 5.75 Å². The fraction of sp³-hybridized carbons (Fsp3) is 0.333. The van der Waals surface area contributed by atoms with E-state index >= 15 is 0 Å². The Hall–Kier alpha value is -1.99. The van der Waals surface area contributed by atoms with E-state index in [1.54, 1.807) is 31.5 Å². The Morgan fingerprint density at radius 1 is 1.32 bits per heavy atom. The predicted octanol–water partition coefficient (Wildman–Crippen LogP) is 1.54. The van der Waals surface area contributed by atoms with Gasteiger partial charge in [0.25, 0.3) is 0 Å². The van der Waals surface area contributed by atoms with Gasteiger partial charge in [-0.05, 0) is 30.7 Å². The molecule has 0 bridgehead atoms. The lowest BCUT2D eigenvalue weighted by atomic mass is 10.1. The van der Waals surface area contributed by atoms with Gasteiger partial charge >= 0.3 is 0 Å².